The third-order valence-electron chi connectivity index (χ3n) is 8.53. The number of nitrogens with zero attached hydrogens (tertiary/aromatic N) is 2. The first-order valence-corrected chi connectivity index (χ1v) is 18.2. The number of halogens is 2. The van der Waals surface area contributed by atoms with Crippen LogP contribution in [0.4, 0.5) is 14.5 Å². The van der Waals surface area contributed by atoms with E-state index in [2.05, 4.69) is 31.3 Å². The summed E-state index contributed by atoms with van der Waals surface area (Å²) in [5.41, 5.74) is 28.8. The number of nitrogens with two attached hydrogens (primary N) is 5. The third kappa shape index (κ3) is 16.0. The molecule has 4 atom stereocenters. The lowest BCUT2D eigenvalue weighted by molar-refractivity contribution is -0.134. The van der Waals surface area contributed by atoms with Crippen molar-refractivity contribution in [2.24, 2.45) is 44.6 Å². The van der Waals surface area contributed by atoms with Crippen LogP contribution in [0.15, 0.2) is 82.8 Å². The summed E-state index contributed by atoms with van der Waals surface area (Å²) in [5, 5.41) is 10.6. The van der Waals surface area contributed by atoms with E-state index in [-0.39, 0.29) is 55.6 Å². The quantitative estimate of drug-likeness (QED) is 0.0410. The summed E-state index contributed by atoms with van der Waals surface area (Å²) in [6.45, 7) is 3.84. The predicted octanol–water partition coefficient (Wildman–Crippen LogP) is 0.422. The maximum atomic E-state index is 14.4. The summed E-state index contributed by atoms with van der Waals surface area (Å²) in [6.07, 6.45) is -0.0296. The number of aliphatic imine (C=N–C) groups is 2. The maximum Gasteiger partial charge on any atom is 0.243 e. The van der Waals surface area contributed by atoms with Crippen molar-refractivity contribution in [3.05, 3.63) is 101 Å². The van der Waals surface area contributed by atoms with Crippen LogP contribution in [0.1, 0.15) is 49.8 Å². The molecule has 0 spiro atoms. The van der Waals surface area contributed by atoms with E-state index in [1.54, 1.807) is 30.3 Å². The number of hydrogen-bond donors (Lipinski definition) is 9. The maximum absolute atomic E-state index is 14.4. The zero-order chi connectivity index (χ0) is 42.1. The van der Waals surface area contributed by atoms with Gasteiger partial charge in [0, 0.05) is 19.4 Å². The standard InChI is InChI=1S/C39H51F2N11O5/c1-22(2)18-30(35(55)50-29(34(42)54)8-5-17-47-38(43)44)51-37(57)32(20-24-11-15-27(16-12-24)48-39(45)46)52-36(56)31(19-23-9-13-26(40)14-10-23)49-33(53)21-25-6-3-4-7-28(25)41/h3-4,6-7,9-16,22,29-32H,5,8,17-21H2,1-2H3,(H2,42,54)(H,49,53)(H,50,55)(H,51,57)(H,52,56)(H4,43,44,47)(H4,45,46,48)/t29-,30-,31-,32-/m0/s1. The fourth-order valence-corrected chi connectivity index (χ4v) is 5.74. The Morgan fingerprint density at radius 2 is 1.18 bits per heavy atom. The van der Waals surface area contributed by atoms with Crippen LogP contribution in [0.3, 0.4) is 0 Å². The summed E-state index contributed by atoms with van der Waals surface area (Å²) < 4.78 is 28.2. The Morgan fingerprint density at radius 1 is 0.649 bits per heavy atom. The van der Waals surface area contributed by atoms with Gasteiger partial charge in [-0.2, -0.15) is 0 Å². The molecule has 18 heteroatoms. The van der Waals surface area contributed by atoms with E-state index in [0.717, 1.165) is 0 Å². The fourth-order valence-electron chi connectivity index (χ4n) is 5.74. The fraction of sp³-hybridized carbons (Fsp3) is 0.359. The number of benzene rings is 3. The highest BCUT2D eigenvalue weighted by molar-refractivity contribution is 5.95. The molecule has 0 unspecified atom stereocenters. The molecule has 16 nitrogen and oxygen atoms in total. The van der Waals surface area contributed by atoms with Gasteiger partial charge in [-0.25, -0.2) is 13.8 Å². The van der Waals surface area contributed by atoms with Crippen molar-refractivity contribution < 1.29 is 32.8 Å². The van der Waals surface area contributed by atoms with Gasteiger partial charge in [-0.05, 0) is 72.2 Å². The topological polar surface area (TPSA) is 288 Å². The number of guanidine groups is 2. The van der Waals surface area contributed by atoms with Crippen molar-refractivity contribution in [3.63, 3.8) is 0 Å². The van der Waals surface area contributed by atoms with E-state index in [1.165, 1.54) is 42.5 Å². The number of amides is 5. The van der Waals surface area contributed by atoms with Gasteiger partial charge in [0.25, 0.3) is 0 Å². The first kappa shape index (κ1) is 44.8. The van der Waals surface area contributed by atoms with Crippen LogP contribution in [0.2, 0.25) is 0 Å². The summed E-state index contributed by atoms with van der Waals surface area (Å²) in [6, 6.07) is 12.5. The minimum atomic E-state index is -1.33. The molecule has 0 aliphatic rings. The molecule has 0 fully saturated rings. The summed E-state index contributed by atoms with van der Waals surface area (Å²) in [5.74, 6) is -5.28. The van der Waals surface area contributed by atoms with Crippen molar-refractivity contribution >= 4 is 47.1 Å². The minimum absolute atomic E-state index is 0.0965. The molecule has 0 saturated carbocycles. The van der Waals surface area contributed by atoms with Gasteiger partial charge in [0.1, 0.15) is 35.8 Å². The lowest BCUT2D eigenvalue weighted by Crippen LogP contribution is -2.59. The van der Waals surface area contributed by atoms with Crippen molar-refractivity contribution in [2.75, 3.05) is 6.54 Å². The lowest BCUT2D eigenvalue weighted by Gasteiger charge is -2.27. The lowest BCUT2D eigenvalue weighted by atomic mass is 9.99. The van der Waals surface area contributed by atoms with Crippen molar-refractivity contribution in [1.82, 2.24) is 21.3 Å². The first-order chi connectivity index (χ1) is 27.0. The number of hydrogen-bond acceptors (Lipinski definition) is 7. The average Bonchev–Trinajstić information content (AvgIpc) is 3.13. The van der Waals surface area contributed by atoms with E-state index in [1.807, 2.05) is 13.8 Å². The molecule has 306 valence electrons. The normalized spacial score (nSPS) is 12.9. The van der Waals surface area contributed by atoms with Crippen LogP contribution >= 0.6 is 0 Å². The molecule has 0 aliphatic heterocycles. The molecule has 5 amide bonds. The number of carbonyl (C=O) groups excluding carboxylic acids is 5. The number of carbonyl (C=O) groups is 5. The van der Waals surface area contributed by atoms with Gasteiger partial charge in [-0.1, -0.05) is 56.3 Å². The largest absolute Gasteiger partial charge is 0.370 e. The average molecular weight is 792 g/mol. The molecule has 0 bridgehead atoms. The van der Waals surface area contributed by atoms with Gasteiger partial charge in [-0.15, -0.1) is 0 Å². The van der Waals surface area contributed by atoms with Gasteiger partial charge in [0.2, 0.25) is 29.5 Å². The third-order valence-corrected chi connectivity index (χ3v) is 8.53. The molecule has 0 saturated heterocycles. The van der Waals surface area contributed by atoms with E-state index >= 15 is 0 Å². The minimum Gasteiger partial charge on any atom is -0.370 e. The predicted molar refractivity (Wildman–Crippen MR) is 212 cm³/mol. The van der Waals surface area contributed by atoms with Gasteiger partial charge < -0.3 is 49.9 Å². The summed E-state index contributed by atoms with van der Waals surface area (Å²) in [4.78, 5) is 75.1. The molecule has 3 aromatic rings. The Morgan fingerprint density at radius 3 is 1.72 bits per heavy atom. The first-order valence-electron chi connectivity index (χ1n) is 18.2. The zero-order valence-corrected chi connectivity index (χ0v) is 31.8. The molecule has 14 N–H and O–H groups in total. The van der Waals surface area contributed by atoms with Gasteiger partial charge in [0.05, 0.1) is 12.1 Å². The highest BCUT2D eigenvalue weighted by Crippen LogP contribution is 2.16. The van der Waals surface area contributed by atoms with Crippen molar-refractivity contribution in [1.29, 1.82) is 0 Å². The van der Waals surface area contributed by atoms with Crippen LogP contribution < -0.4 is 49.9 Å². The van der Waals surface area contributed by atoms with Gasteiger partial charge in [-0.3, -0.25) is 29.0 Å². The SMILES string of the molecule is CC(C)C[C@H](NC(=O)[C@H](Cc1ccc(N=C(N)N)cc1)NC(=O)[C@H](Cc1ccc(F)cc1)NC(=O)Cc1ccccc1F)C(=O)N[C@@H](CCCN=C(N)N)C(N)=O. The second-order valence-electron chi connectivity index (χ2n) is 13.8. The number of rotatable bonds is 21. The van der Waals surface area contributed by atoms with E-state index in [4.69, 9.17) is 28.7 Å². The van der Waals surface area contributed by atoms with E-state index in [9.17, 15) is 32.8 Å². The molecule has 57 heavy (non-hydrogen) atoms. The van der Waals surface area contributed by atoms with Gasteiger partial charge >= 0.3 is 0 Å². The molecule has 0 aromatic heterocycles. The van der Waals surface area contributed by atoms with Gasteiger partial charge in [0.15, 0.2) is 11.9 Å². The number of primary amides is 1. The molecular formula is C39H51F2N11O5. The molecule has 3 aromatic carbocycles. The second-order valence-corrected chi connectivity index (χ2v) is 13.8. The molecular weight excluding hydrogens is 740 g/mol. The Labute approximate surface area is 329 Å². The van der Waals surface area contributed by atoms with Crippen LogP contribution in [-0.2, 0) is 43.2 Å². The Kier molecular flexibility index (Phi) is 17.4. The highest BCUT2D eigenvalue weighted by Gasteiger charge is 2.32. The van der Waals surface area contributed by atoms with Crippen molar-refractivity contribution in [2.45, 2.75) is 76.5 Å². The van der Waals surface area contributed by atoms with Crippen LogP contribution in [0.5, 0.6) is 0 Å². The second kappa shape index (κ2) is 22.1. The summed E-state index contributed by atoms with van der Waals surface area (Å²) >= 11 is 0. The van der Waals surface area contributed by atoms with Crippen LogP contribution in [0, 0.1) is 17.6 Å². The number of nitrogens with one attached hydrogen (secondary N) is 4. The Bertz CT molecular complexity index is 1900. The summed E-state index contributed by atoms with van der Waals surface area (Å²) in [7, 11) is 0. The molecule has 3 rings (SSSR count). The Hall–Kier alpha value is -6.59. The zero-order valence-electron chi connectivity index (χ0n) is 31.8. The Balaban J connectivity index is 1.93. The van der Waals surface area contributed by atoms with Crippen LogP contribution in [-0.4, -0.2) is 72.2 Å². The molecule has 0 heterocycles. The highest BCUT2D eigenvalue weighted by atomic mass is 19.1. The van der Waals surface area contributed by atoms with E-state index < -0.39 is 71.8 Å². The smallest absolute Gasteiger partial charge is 0.243 e. The molecule has 0 aliphatic carbocycles. The van der Waals surface area contributed by atoms with E-state index in [0.29, 0.717) is 23.2 Å². The van der Waals surface area contributed by atoms with Crippen LogP contribution in [0.25, 0.3) is 0 Å². The molecule has 0 radical (unpaired) electrons. The monoisotopic (exact) mass is 791 g/mol. The van der Waals surface area contributed by atoms with Crippen molar-refractivity contribution in [3.8, 4) is 0 Å².